The van der Waals surface area contributed by atoms with Gasteiger partial charge in [0.25, 0.3) is 0 Å². The van der Waals surface area contributed by atoms with Gasteiger partial charge in [-0.2, -0.15) is 0 Å². The van der Waals surface area contributed by atoms with Crippen LogP contribution >= 0.6 is 0 Å². The van der Waals surface area contributed by atoms with Crippen LogP contribution in [-0.4, -0.2) is 59.2 Å². The van der Waals surface area contributed by atoms with Crippen molar-refractivity contribution in [2.45, 2.75) is 57.9 Å². The minimum absolute atomic E-state index is 0.0191. The first-order chi connectivity index (χ1) is 17.9. The van der Waals surface area contributed by atoms with Crippen molar-refractivity contribution in [3.8, 4) is 0 Å². The normalized spacial score (nSPS) is 19.8. The summed E-state index contributed by atoms with van der Waals surface area (Å²) in [5.74, 6) is -2.56. The summed E-state index contributed by atoms with van der Waals surface area (Å²) in [5, 5.41) is 14.9. The molecule has 0 saturated carbocycles. The number of esters is 2. The van der Waals surface area contributed by atoms with Crippen molar-refractivity contribution in [1.29, 1.82) is 0 Å². The molecule has 10 nitrogen and oxygen atoms in total. The lowest BCUT2D eigenvalue weighted by molar-refractivity contribution is -0.164. The first-order valence-electron chi connectivity index (χ1n) is 12.4. The van der Waals surface area contributed by atoms with Crippen LogP contribution in [0.3, 0.4) is 0 Å². The van der Waals surface area contributed by atoms with Crippen LogP contribution in [0.2, 0.25) is 0 Å². The number of hydrogen-bond acceptors (Lipinski definition) is 7. The molecule has 38 heavy (non-hydrogen) atoms. The number of aliphatic hydroxyl groups is 1. The van der Waals surface area contributed by atoms with Crippen LogP contribution in [0.1, 0.15) is 57.4 Å². The number of carbonyl (C=O) groups is 4. The number of ether oxygens (including phenoxy) is 2. The third kappa shape index (κ3) is 7.10. The molecule has 3 amide bonds. The summed E-state index contributed by atoms with van der Waals surface area (Å²) in [6.45, 7) is 6.34. The quantitative estimate of drug-likeness (QED) is 0.472. The fraction of sp³-hybridized carbons (Fsp3) is 0.429. The fourth-order valence-corrected chi connectivity index (χ4v) is 4.50. The van der Waals surface area contributed by atoms with Gasteiger partial charge in [-0.1, -0.05) is 42.5 Å². The Kier molecular flexibility index (Phi) is 9.11. The number of aliphatic hydroxyl groups excluding tert-OH is 1. The number of hydrogen-bond donors (Lipinski definition) is 3. The Morgan fingerprint density at radius 3 is 2.34 bits per heavy atom. The first-order valence-corrected chi connectivity index (χ1v) is 12.4. The van der Waals surface area contributed by atoms with Gasteiger partial charge in [0.05, 0.1) is 31.7 Å². The first kappa shape index (κ1) is 28.6. The second-order valence-electron chi connectivity index (χ2n) is 10.2. The molecule has 1 heterocycles. The van der Waals surface area contributed by atoms with E-state index in [0.717, 1.165) is 0 Å². The molecule has 204 valence electrons. The van der Waals surface area contributed by atoms with Gasteiger partial charge < -0.3 is 30.1 Å². The minimum Gasteiger partial charge on any atom is -0.469 e. The smallest absolute Gasteiger partial charge is 0.329 e. The summed E-state index contributed by atoms with van der Waals surface area (Å²) in [5.41, 5.74) is 0.905. The van der Waals surface area contributed by atoms with Gasteiger partial charge in [-0.25, -0.2) is 9.59 Å². The molecule has 3 N–H and O–H groups in total. The number of anilines is 1. The lowest BCUT2D eigenvalue weighted by Crippen LogP contribution is -2.48. The van der Waals surface area contributed by atoms with E-state index in [-0.39, 0.29) is 6.42 Å². The Hall–Kier alpha value is -3.92. The van der Waals surface area contributed by atoms with E-state index in [2.05, 4.69) is 10.6 Å². The number of nitrogens with zero attached hydrogens (tertiary/aromatic N) is 1. The number of rotatable bonds is 7. The average Bonchev–Trinajstić information content (AvgIpc) is 3.27. The van der Waals surface area contributed by atoms with Crippen LogP contribution < -0.4 is 10.6 Å². The highest BCUT2D eigenvalue weighted by Gasteiger charge is 2.51. The van der Waals surface area contributed by atoms with Gasteiger partial charge in [0.15, 0.2) is 0 Å². The van der Waals surface area contributed by atoms with Crippen LogP contribution in [0, 0.1) is 5.92 Å². The van der Waals surface area contributed by atoms with Crippen molar-refractivity contribution >= 4 is 29.6 Å². The number of nitrogens with one attached hydrogen (secondary N) is 2. The molecule has 0 aromatic heterocycles. The Bertz CT molecular complexity index is 1160. The molecule has 0 bridgehead atoms. The number of methoxy groups -OCH3 is 1. The van der Waals surface area contributed by atoms with E-state index < -0.39 is 60.1 Å². The topological polar surface area (TPSA) is 134 Å². The Labute approximate surface area is 222 Å². The van der Waals surface area contributed by atoms with Crippen molar-refractivity contribution in [2.75, 3.05) is 19.0 Å². The minimum atomic E-state index is -1.05. The highest BCUT2D eigenvalue weighted by atomic mass is 16.6. The number of benzene rings is 2. The zero-order valence-electron chi connectivity index (χ0n) is 22.3. The van der Waals surface area contributed by atoms with E-state index in [1.54, 1.807) is 76.2 Å². The molecule has 1 aliphatic heterocycles. The maximum atomic E-state index is 13.6. The van der Waals surface area contributed by atoms with E-state index in [1.807, 2.05) is 6.07 Å². The molecule has 3 rings (SSSR count). The largest absolute Gasteiger partial charge is 0.469 e. The molecule has 1 saturated heterocycles. The molecule has 4 atom stereocenters. The predicted octanol–water partition coefficient (Wildman–Crippen LogP) is 3.33. The maximum absolute atomic E-state index is 13.6. The van der Waals surface area contributed by atoms with Crippen molar-refractivity contribution in [1.82, 2.24) is 10.2 Å². The maximum Gasteiger partial charge on any atom is 0.329 e. The summed E-state index contributed by atoms with van der Waals surface area (Å²) in [6, 6.07) is 13.1. The molecule has 1 fully saturated rings. The lowest BCUT2D eigenvalue weighted by atomic mass is 9.93. The van der Waals surface area contributed by atoms with E-state index >= 15 is 0 Å². The van der Waals surface area contributed by atoms with Crippen molar-refractivity contribution < 1.29 is 33.8 Å². The van der Waals surface area contributed by atoms with E-state index in [9.17, 15) is 24.3 Å². The van der Waals surface area contributed by atoms with E-state index in [4.69, 9.17) is 9.47 Å². The lowest BCUT2D eigenvalue weighted by Gasteiger charge is -2.32. The summed E-state index contributed by atoms with van der Waals surface area (Å²) in [4.78, 5) is 53.4. The summed E-state index contributed by atoms with van der Waals surface area (Å²) in [6.07, 6.45) is -0.690. The number of likely N-dealkylation sites (tertiary alicyclic amines) is 1. The molecule has 0 radical (unpaired) electrons. The highest BCUT2D eigenvalue weighted by molar-refractivity contribution is 5.94. The van der Waals surface area contributed by atoms with E-state index in [1.165, 1.54) is 12.0 Å². The number of amides is 3. The molecule has 1 aliphatic rings. The third-order valence-corrected chi connectivity index (χ3v) is 6.13. The molecule has 10 heteroatoms. The third-order valence-electron chi connectivity index (χ3n) is 6.13. The van der Waals surface area contributed by atoms with Crippen LogP contribution in [0.25, 0.3) is 0 Å². The SMILES string of the molecule is COC(=O)C1CC(C(=O)OC(C)(C)C)N(C(=O)CNC(=O)Nc2cccc(C(C)O)c2)C1c1ccccc1. The highest BCUT2D eigenvalue weighted by Crippen LogP contribution is 2.42. The predicted molar refractivity (Wildman–Crippen MR) is 140 cm³/mol. The summed E-state index contributed by atoms with van der Waals surface area (Å²) in [7, 11) is 1.26. The standard InChI is InChI=1S/C28H35N3O7/c1-17(32)19-12-9-13-20(14-19)30-27(36)29-16-23(33)31-22(26(35)38-28(2,3)4)15-21(25(34)37-5)24(31)18-10-7-6-8-11-18/h6-14,17,21-22,24,32H,15-16H2,1-5H3,(H2,29,30,36). The van der Waals surface area contributed by atoms with Crippen LogP contribution in [-0.2, 0) is 23.9 Å². The summed E-state index contributed by atoms with van der Waals surface area (Å²) < 4.78 is 10.6. The Morgan fingerprint density at radius 2 is 1.74 bits per heavy atom. The number of carbonyl (C=O) groups excluding carboxylic acids is 4. The molecular weight excluding hydrogens is 490 g/mol. The van der Waals surface area contributed by atoms with Gasteiger partial charge in [-0.15, -0.1) is 0 Å². The number of urea groups is 1. The van der Waals surface area contributed by atoms with Crippen molar-refractivity contribution in [3.05, 3.63) is 65.7 Å². The zero-order chi connectivity index (χ0) is 28.0. The Morgan fingerprint density at radius 1 is 1.05 bits per heavy atom. The van der Waals surface area contributed by atoms with Crippen LogP contribution in [0.4, 0.5) is 10.5 Å². The van der Waals surface area contributed by atoms with Crippen LogP contribution in [0.15, 0.2) is 54.6 Å². The second-order valence-corrected chi connectivity index (χ2v) is 10.2. The van der Waals surface area contributed by atoms with Crippen molar-refractivity contribution in [3.63, 3.8) is 0 Å². The molecule has 0 spiro atoms. The van der Waals surface area contributed by atoms with E-state index in [0.29, 0.717) is 16.8 Å². The Balaban J connectivity index is 1.84. The molecule has 2 aromatic rings. The van der Waals surface area contributed by atoms with Gasteiger partial charge in [0, 0.05) is 5.69 Å². The summed E-state index contributed by atoms with van der Waals surface area (Å²) >= 11 is 0. The molecule has 2 aromatic carbocycles. The molecular formula is C28H35N3O7. The zero-order valence-corrected chi connectivity index (χ0v) is 22.3. The molecule has 0 aliphatic carbocycles. The van der Waals surface area contributed by atoms with Gasteiger partial charge >= 0.3 is 18.0 Å². The van der Waals surface area contributed by atoms with Gasteiger partial charge in [0.2, 0.25) is 5.91 Å². The van der Waals surface area contributed by atoms with Gasteiger partial charge in [-0.3, -0.25) is 9.59 Å². The second kappa shape index (κ2) is 12.1. The fourth-order valence-electron chi connectivity index (χ4n) is 4.50. The van der Waals surface area contributed by atoms with Gasteiger partial charge in [-0.05, 0) is 57.4 Å². The average molecular weight is 526 g/mol. The molecule has 4 unspecified atom stereocenters. The van der Waals surface area contributed by atoms with Crippen molar-refractivity contribution in [2.24, 2.45) is 5.92 Å². The van der Waals surface area contributed by atoms with Gasteiger partial charge in [0.1, 0.15) is 11.6 Å². The van der Waals surface area contributed by atoms with Crippen LogP contribution in [0.5, 0.6) is 0 Å². The monoisotopic (exact) mass is 525 g/mol.